The summed E-state index contributed by atoms with van der Waals surface area (Å²) in [4.78, 5) is 0.756. The Kier molecular flexibility index (Phi) is 3.15. The Bertz CT molecular complexity index is 777. The van der Waals surface area contributed by atoms with E-state index in [1.54, 1.807) is 11.6 Å². The third-order valence-corrected chi connectivity index (χ3v) is 4.18. The lowest BCUT2D eigenvalue weighted by Gasteiger charge is -2.07. The van der Waals surface area contributed by atoms with Gasteiger partial charge in [-0.3, -0.25) is 0 Å². The number of fused-ring (bicyclic) bond motifs is 1. The Morgan fingerprint density at radius 2 is 2.10 bits per heavy atom. The lowest BCUT2D eigenvalue weighted by atomic mass is 10.0. The molecule has 0 unspecified atom stereocenters. The highest BCUT2D eigenvalue weighted by Crippen LogP contribution is 2.31. The van der Waals surface area contributed by atoms with E-state index in [1.807, 2.05) is 19.1 Å². The van der Waals surface area contributed by atoms with Gasteiger partial charge in [0.15, 0.2) is 5.82 Å². The summed E-state index contributed by atoms with van der Waals surface area (Å²) in [6.45, 7) is 4.51. The maximum Gasteiger partial charge on any atom is 0.235 e. The van der Waals surface area contributed by atoms with Gasteiger partial charge < -0.3 is 10.5 Å². The molecule has 0 atom stereocenters. The van der Waals surface area contributed by atoms with Crippen LogP contribution in [-0.2, 0) is 11.3 Å². The van der Waals surface area contributed by atoms with Crippen LogP contribution in [0.3, 0.4) is 0 Å². The number of aromatic nitrogens is 4. The standard InChI is InChI=1S/C13H15N5OS/c1-7-4-9(14)5-10(8(7)2)12-17-18-11(6-19-3)15-16-13(18)20-12/h4-5H,6,14H2,1-3H3. The average molecular weight is 289 g/mol. The third kappa shape index (κ3) is 2.04. The molecule has 0 aliphatic carbocycles. The Morgan fingerprint density at radius 1 is 1.30 bits per heavy atom. The summed E-state index contributed by atoms with van der Waals surface area (Å²) in [5, 5.41) is 13.6. The summed E-state index contributed by atoms with van der Waals surface area (Å²) in [6, 6.07) is 3.92. The van der Waals surface area contributed by atoms with Crippen molar-refractivity contribution < 1.29 is 4.74 Å². The minimum atomic E-state index is 0.388. The van der Waals surface area contributed by atoms with Crippen LogP contribution in [0.15, 0.2) is 12.1 Å². The molecule has 0 spiro atoms. The number of anilines is 1. The highest BCUT2D eigenvalue weighted by Gasteiger charge is 2.15. The second-order valence-corrected chi connectivity index (χ2v) is 5.62. The molecule has 2 heterocycles. The Labute approximate surface area is 120 Å². The van der Waals surface area contributed by atoms with Crippen molar-refractivity contribution in [1.82, 2.24) is 19.8 Å². The largest absolute Gasteiger partial charge is 0.399 e. The van der Waals surface area contributed by atoms with Crippen molar-refractivity contribution in [3.05, 3.63) is 29.1 Å². The van der Waals surface area contributed by atoms with Gasteiger partial charge in [-0.15, -0.1) is 10.2 Å². The molecule has 0 fully saturated rings. The number of hydrogen-bond acceptors (Lipinski definition) is 6. The number of ether oxygens (including phenoxy) is 1. The molecular weight excluding hydrogens is 274 g/mol. The highest BCUT2D eigenvalue weighted by atomic mass is 32.1. The molecule has 0 aliphatic rings. The first kappa shape index (κ1) is 13.0. The van der Waals surface area contributed by atoms with Crippen LogP contribution in [0, 0.1) is 13.8 Å². The van der Waals surface area contributed by atoms with Crippen LogP contribution in [0.5, 0.6) is 0 Å². The van der Waals surface area contributed by atoms with Gasteiger partial charge in [0.05, 0.1) is 0 Å². The van der Waals surface area contributed by atoms with Gasteiger partial charge in [-0.25, -0.2) is 0 Å². The van der Waals surface area contributed by atoms with Gasteiger partial charge in [0.1, 0.15) is 11.6 Å². The SMILES string of the molecule is COCc1nnc2sc(-c3cc(N)cc(C)c3C)nn12. The van der Waals surface area contributed by atoms with Crippen LogP contribution >= 0.6 is 11.3 Å². The van der Waals surface area contributed by atoms with E-state index in [1.165, 1.54) is 16.9 Å². The summed E-state index contributed by atoms with van der Waals surface area (Å²) in [5.74, 6) is 0.697. The summed E-state index contributed by atoms with van der Waals surface area (Å²) < 4.78 is 6.82. The first-order valence-electron chi connectivity index (χ1n) is 6.17. The van der Waals surface area contributed by atoms with E-state index < -0.39 is 0 Å². The van der Waals surface area contributed by atoms with Crippen molar-refractivity contribution in [2.75, 3.05) is 12.8 Å². The molecule has 0 aliphatic heterocycles. The molecule has 0 saturated heterocycles. The maximum atomic E-state index is 5.93. The van der Waals surface area contributed by atoms with Crippen molar-refractivity contribution in [3.8, 4) is 10.6 Å². The topological polar surface area (TPSA) is 78.3 Å². The predicted octanol–water partition coefficient (Wildman–Crippen LogP) is 2.20. The lowest BCUT2D eigenvalue weighted by Crippen LogP contribution is -1.98. The number of aryl methyl sites for hydroxylation is 1. The molecule has 0 radical (unpaired) electrons. The van der Waals surface area contributed by atoms with Gasteiger partial charge in [-0.05, 0) is 37.1 Å². The fraction of sp³-hybridized carbons (Fsp3) is 0.308. The predicted molar refractivity (Wildman–Crippen MR) is 78.7 cm³/mol. The molecule has 1 aromatic carbocycles. The Hall–Kier alpha value is -1.99. The van der Waals surface area contributed by atoms with Crippen molar-refractivity contribution >= 4 is 22.0 Å². The van der Waals surface area contributed by atoms with Gasteiger partial charge in [-0.1, -0.05) is 11.3 Å². The van der Waals surface area contributed by atoms with Gasteiger partial charge in [-0.2, -0.15) is 9.61 Å². The van der Waals surface area contributed by atoms with E-state index in [0.29, 0.717) is 12.4 Å². The molecule has 104 valence electrons. The first-order valence-corrected chi connectivity index (χ1v) is 6.99. The van der Waals surface area contributed by atoms with Gasteiger partial charge in [0.25, 0.3) is 0 Å². The van der Waals surface area contributed by atoms with Gasteiger partial charge in [0.2, 0.25) is 4.96 Å². The molecular formula is C13H15N5OS. The molecule has 7 heteroatoms. The number of benzene rings is 1. The minimum Gasteiger partial charge on any atom is -0.399 e. The molecule has 0 saturated carbocycles. The lowest BCUT2D eigenvalue weighted by molar-refractivity contribution is 0.176. The number of rotatable bonds is 3. The Morgan fingerprint density at radius 3 is 2.85 bits per heavy atom. The summed E-state index contributed by atoms with van der Waals surface area (Å²) in [6.07, 6.45) is 0. The number of hydrogen-bond donors (Lipinski definition) is 1. The summed E-state index contributed by atoms with van der Waals surface area (Å²) in [5.41, 5.74) is 10.1. The number of nitrogens with two attached hydrogens (primary N) is 1. The second kappa shape index (κ2) is 4.84. The third-order valence-electron chi connectivity index (χ3n) is 3.25. The van der Waals surface area contributed by atoms with E-state index in [0.717, 1.165) is 26.8 Å². The molecule has 6 nitrogen and oxygen atoms in total. The smallest absolute Gasteiger partial charge is 0.235 e. The second-order valence-electron chi connectivity index (χ2n) is 4.66. The normalized spacial score (nSPS) is 11.3. The van der Waals surface area contributed by atoms with Crippen LogP contribution in [-0.4, -0.2) is 26.9 Å². The van der Waals surface area contributed by atoms with Crippen molar-refractivity contribution in [3.63, 3.8) is 0 Å². The summed E-state index contributed by atoms with van der Waals surface area (Å²) >= 11 is 1.50. The van der Waals surface area contributed by atoms with Crippen LogP contribution in [0.25, 0.3) is 15.5 Å². The van der Waals surface area contributed by atoms with Crippen molar-refractivity contribution in [2.24, 2.45) is 0 Å². The zero-order valence-corrected chi connectivity index (χ0v) is 12.4. The highest BCUT2D eigenvalue weighted by molar-refractivity contribution is 7.19. The minimum absolute atomic E-state index is 0.388. The quantitative estimate of drug-likeness (QED) is 0.748. The van der Waals surface area contributed by atoms with E-state index >= 15 is 0 Å². The fourth-order valence-corrected chi connectivity index (χ4v) is 3.03. The van der Waals surface area contributed by atoms with E-state index in [4.69, 9.17) is 10.5 Å². The number of methoxy groups -OCH3 is 1. The molecule has 3 aromatic rings. The summed E-state index contributed by atoms with van der Waals surface area (Å²) in [7, 11) is 1.62. The van der Waals surface area contributed by atoms with E-state index in [2.05, 4.69) is 22.2 Å². The van der Waals surface area contributed by atoms with E-state index in [9.17, 15) is 0 Å². The van der Waals surface area contributed by atoms with Crippen LogP contribution in [0.2, 0.25) is 0 Å². The number of nitrogens with zero attached hydrogens (tertiary/aromatic N) is 4. The molecule has 2 N–H and O–H groups in total. The van der Waals surface area contributed by atoms with Crippen molar-refractivity contribution in [1.29, 1.82) is 0 Å². The van der Waals surface area contributed by atoms with Crippen LogP contribution in [0.1, 0.15) is 17.0 Å². The van der Waals surface area contributed by atoms with Crippen molar-refractivity contribution in [2.45, 2.75) is 20.5 Å². The van der Waals surface area contributed by atoms with E-state index in [-0.39, 0.29) is 0 Å². The molecule has 3 rings (SSSR count). The molecule has 2 aromatic heterocycles. The first-order chi connectivity index (χ1) is 9.60. The monoisotopic (exact) mass is 289 g/mol. The zero-order valence-electron chi connectivity index (χ0n) is 11.5. The average Bonchev–Trinajstić information content (AvgIpc) is 2.96. The van der Waals surface area contributed by atoms with Crippen LogP contribution in [0.4, 0.5) is 5.69 Å². The molecule has 0 amide bonds. The maximum absolute atomic E-state index is 5.93. The van der Waals surface area contributed by atoms with Gasteiger partial charge >= 0.3 is 0 Å². The van der Waals surface area contributed by atoms with Crippen LogP contribution < -0.4 is 5.73 Å². The van der Waals surface area contributed by atoms with Gasteiger partial charge in [0, 0.05) is 18.4 Å². The fourth-order valence-electron chi connectivity index (χ4n) is 2.09. The Balaban J connectivity index is 2.15. The zero-order chi connectivity index (χ0) is 14.3. The number of nitrogen functional groups attached to an aromatic ring is 1. The molecule has 20 heavy (non-hydrogen) atoms. The molecule has 0 bridgehead atoms.